The minimum atomic E-state index is 0.0515. The van der Waals surface area contributed by atoms with Crippen molar-refractivity contribution in [2.75, 3.05) is 11.9 Å². The molecule has 0 aliphatic heterocycles. The van der Waals surface area contributed by atoms with Crippen LogP contribution < -0.4 is 10.2 Å². The molecule has 0 saturated carbocycles. The van der Waals surface area contributed by atoms with Crippen LogP contribution in [0.15, 0.2) is 34.6 Å². The van der Waals surface area contributed by atoms with E-state index in [0.29, 0.717) is 6.54 Å². The Hall–Kier alpha value is -1.62. The summed E-state index contributed by atoms with van der Waals surface area (Å²) < 4.78 is 1.66. The van der Waals surface area contributed by atoms with Crippen LogP contribution in [0.5, 0.6) is 0 Å². The Balaban J connectivity index is 2.18. The van der Waals surface area contributed by atoms with Crippen LogP contribution in [0.4, 0.5) is 5.82 Å². The van der Waals surface area contributed by atoms with E-state index in [1.807, 2.05) is 25.1 Å². The van der Waals surface area contributed by atoms with Crippen molar-refractivity contribution in [1.82, 2.24) is 9.55 Å². The zero-order chi connectivity index (χ0) is 11.4. The van der Waals surface area contributed by atoms with Crippen molar-refractivity contribution in [3.05, 3.63) is 45.1 Å². The number of anilines is 1. The molecule has 16 heavy (non-hydrogen) atoms. The molecule has 0 fully saturated rings. The molecule has 2 aromatic rings. The molecule has 0 aromatic carbocycles. The Morgan fingerprint density at radius 2 is 2.38 bits per heavy atom. The van der Waals surface area contributed by atoms with Crippen LogP contribution in [0, 0.1) is 0 Å². The van der Waals surface area contributed by atoms with E-state index in [4.69, 9.17) is 0 Å². The van der Waals surface area contributed by atoms with Crippen LogP contribution in [0.25, 0.3) is 0 Å². The quantitative estimate of drug-likeness (QED) is 0.878. The molecular weight excluding hydrogens is 222 g/mol. The van der Waals surface area contributed by atoms with Crippen molar-refractivity contribution in [2.45, 2.75) is 13.5 Å². The summed E-state index contributed by atoms with van der Waals surface area (Å²) in [6.45, 7) is 3.40. The van der Waals surface area contributed by atoms with Gasteiger partial charge in [-0.25, -0.2) is 4.98 Å². The van der Waals surface area contributed by atoms with Gasteiger partial charge in [-0.3, -0.25) is 9.36 Å². The van der Waals surface area contributed by atoms with Crippen LogP contribution in [-0.2, 0) is 6.54 Å². The first-order valence-electron chi connectivity index (χ1n) is 5.13. The fourth-order valence-electron chi connectivity index (χ4n) is 1.43. The predicted molar refractivity (Wildman–Crippen MR) is 66.1 cm³/mol. The fraction of sp³-hybridized carbons (Fsp3) is 0.273. The number of nitrogens with zero attached hydrogens (tertiary/aromatic N) is 2. The number of thiazole rings is 1. The van der Waals surface area contributed by atoms with Crippen LogP contribution in [0.1, 0.15) is 12.6 Å². The Labute approximate surface area is 97.6 Å². The highest BCUT2D eigenvalue weighted by atomic mass is 32.1. The van der Waals surface area contributed by atoms with Gasteiger partial charge in [0.15, 0.2) is 0 Å². The van der Waals surface area contributed by atoms with Gasteiger partial charge in [0.2, 0.25) is 0 Å². The van der Waals surface area contributed by atoms with E-state index in [0.717, 1.165) is 18.1 Å². The second-order valence-corrected chi connectivity index (χ2v) is 4.20. The second kappa shape index (κ2) is 4.94. The molecule has 0 saturated heterocycles. The van der Waals surface area contributed by atoms with Crippen molar-refractivity contribution in [3.63, 3.8) is 0 Å². The van der Waals surface area contributed by atoms with Crippen molar-refractivity contribution >= 4 is 17.2 Å². The second-order valence-electron chi connectivity index (χ2n) is 3.34. The fourth-order valence-corrected chi connectivity index (χ4v) is 2.01. The average molecular weight is 235 g/mol. The molecular formula is C11H13N3OS. The molecule has 5 heteroatoms. The summed E-state index contributed by atoms with van der Waals surface area (Å²) in [6, 6.07) is 5.78. The average Bonchev–Trinajstić information content (AvgIpc) is 2.66. The summed E-state index contributed by atoms with van der Waals surface area (Å²) in [7, 11) is 0. The highest BCUT2D eigenvalue weighted by Crippen LogP contribution is 2.05. The van der Waals surface area contributed by atoms with Gasteiger partial charge < -0.3 is 5.32 Å². The monoisotopic (exact) mass is 235 g/mol. The first-order chi connectivity index (χ1) is 7.79. The number of pyridine rings is 1. The molecule has 0 spiro atoms. The molecule has 2 heterocycles. The summed E-state index contributed by atoms with van der Waals surface area (Å²) in [5.74, 6) is 0.850. The topological polar surface area (TPSA) is 46.9 Å². The maximum Gasteiger partial charge on any atom is 0.307 e. The van der Waals surface area contributed by atoms with Gasteiger partial charge in [-0.1, -0.05) is 17.4 Å². The van der Waals surface area contributed by atoms with Gasteiger partial charge in [0.05, 0.1) is 12.2 Å². The third kappa shape index (κ3) is 2.49. The lowest BCUT2D eigenvalue weighted by Crippen LogP contribution is -2.13. The smallest absolute Gasteiger partial charge is 0.307 e. The highest BCUT2D eigenvalue weighted by Gasteiger charge is 2.00. The van der Waals surface area contributed by atoms with E-state index in [1.54, 1.807) is 16.1 Å². The van der Waals surface area contributed by atoms with Crippen molar-refractivity contribution in [1.29, 1.82) is 0 Å². The van der Waals surface area contributed by atoms with Crippen LogP contribution >= 0.6 is 11.3 Å². The minimum absolute atomic E-state index is 0.0515. The molecule has 2 rings (SSSR count). The maximum atomic E-state index is 11.4. The van der Waals surface area contributed by atoms with Crippen molar-refractivity contribution in [2.24, 2.45) is 0 Å². The largest absolute Gasteiger partial charge is 0.370 e. The molecule has 0 radical (unpaired) electrons. The normalized spacial score (nSPS) is 10.3. The standard InChI is InChI=1S/C11H13N3OS/c1-2-12-10-5-3-4-9(13-10)8-14-6-7-16-11(14)15/h3-7H,2,8H2,1H3,(H,12,13). The van der Waals surface area contributed by atoms with Crippen LogP contribution in [0.3, 0.4) is 0 Å². The number of hydrogen-bond donors (Lipinski definition) is 1. The maximum absolute atomic E-state index is 11.4. The van der Waals surface area contributed by atoms with Gasteiger partial charge in [-0.2, -0.15) is 0 Å². The van der Waals surface area contributed by atoms with Crippen molar-refractivity contribution in [3.8, 4) is 0 Å². The summed E-state index contributed by atoms with van der Waals surface area (Å²) in [5.41, 5.74) is 0.888. The first-order valence-corrected chi connectivity index (χ1v) is 6.01. The van der Waals surface area contributed by atoms with Gasteiger partial charge >= 0.3 is 4.87 Å². The van der Waals surface area contributed by atoms with Crippen LogP contribution in [-0.4, -0.2) is 16.1 Å². The lowest BCUT2D eigenvalue weighted by atomic mass is 10.3. The van der Waals surface area contributed by atoms with E-state index in [1.165, 1.54) is 11.3 Å². The number of nitrogens with one attached hydrogen (secondary N) is 1. The zero-order valence-electron chi connectivity index (χ0n) is 9.01. The molecule has 0 atom stereocenters. The van der Waals surface area contributed by atoms with Gasteiger partial charge in [0.25, 0.3) is 0 Å². The predicted octanol–water partition coefficient (Wildman–Crippen LogP) is 1.78. The van der Waals surface area contributed by atoms with E-state index in [-0.39, 0.29) is 4.87 Å². The zero-order valence-corrected chi connectivity index (χ0v) is 9.83. The van der Waals surface area contributed by atoms with Crippen molar-refractivity contribution < 1.29 is 0 Å². The molecule has 0 aliphatic carbocycles. The van der Waals surface area contributed by atoms with E-state index >= 15 is 0 Å². The molecule has 0 amide bonds. The third-order valence-corrected chi connectivity index (χ3v) is 2.84. The lowest BCUT2D eigenvalue weighted by Gasteiger charge is -2.05. The molecule has 0 unspecified atom stereocenters. The summed E-state index contributed by atoms with van der Waals surface area (Å²) in [4.78, 5) is 15.8. The van der Waals surface area contributed by atoms with Gasteiger partial charge in [-0.05, 0) is 19.1 Å². The summed E-state index contributed by atoms with van der Waals surface area (Å²) in [6.07, 6.45) is 1.79. The van der Waals surface area contributed by atoms with E-state index in [2.05, 4.69) is 10.3 Å². The molecule has 0 aliphatic rings. The molecule has 0 bridgehead atoms. The Morgan fingerprint density at radius 1 is 1.50 bits per heavy atom. The first kappa shape index (κ1) is 10.9. The number of hydrogen-bond acceptors (Lipinski definition) is 4. The number of rotatable bonds is 4. The Morgan fingerprint density at radius 3 is 3.06 bits per heavy atom. The van der Waals surface area contributed by atoms with Gasteiger partial charge in [0, 0.05) is 18.1 Å². The third-order valence-electron chi connectivity index (χ3n) is 2.14. The molecule has 84 valence electrons. The molecule has 4 nitrogen and oxygen atoms in total. The SMILES string of the molecule is CCNc1cccc(Cn2ccsc2=O)n1. The highest BCUT2D eigenvalue weighted by molar-refractivity contribution is 7.07. The molecule has 1 N–H and O–H groups in total. The number of aromatic nitrogens is 2. The minimum Gasteiger partial charge on any atom is -0.370 e. The van der Waals surface area contributed by atoms with E-state index < -0.39 is 0 Å². The van der Waals surface area contributed by atoms with Crippen LogP contribution in [0.2, 0.25) is 0 Å². The lowest BCUT2D eigenvalue weighted by molar-refractivity contribution is 0.761. The van der Waals surface area contributed by atoms with E-state index in [9.17, 15) is 4.79 Å². The summed E-state index contributed by atoms with van der Waals surface area (Å²) >= 11 is 1.20. The Bertz CT molecular complexity index is 518. The molecule has 2 aromatic heterocycles. The Kier molecular flexibility index (Phi) is 3.36. The van der Waals surface area contributed by atoms with Gasteiger partial charge in [0.1, 0.15) is 5.82 Å². The van der Waals surface area contributed by atoms with Gasteiger partial charge in [-0.15, -0.1) is 0 Å². The summed E-state index contributed by atoms with van der Waals surface area (Å²) in [5, 5.41) is 4.93.